The third-order valence-electron chi connectivity index (χ3n) is 2.12. The minimum absolute atomic E-state index is 0.530. The van der Waals surface area contributed by atoms with Crippen LogP contribution in [-0.2, 0) is 4.79 Å². The van der Waals surface area contributed by atoms with E-state index in [4.69, 9.17) is 20.8 Å². The summed E-state index contributed by atoms with van der Waals surface area (Å²) in [5, 5.41) is 0.388. The highest BCUT2D eigenvalue weighted by molar-refractivity contribution is 6.66. The summed E-state index contributed by atoms with van der Waals surface area (Å²) in [4.78, 5) is 10.5. The van der Waals surface area contributed by atoms with Crippen molar-refractivity contribution in [3.63, 3.8) is 0 Å². The van der Waals surface area contributed by atoms with Gasteiger partial charge < -0.3 is 9.15 Å². The number of rotatable bonds is 3. The fraction of sp³-hybridized carbons (Fsp3) is 0.0833. The van der Waals surface area contributed by atoms with E-state index in [0.717, 1.165) is 16.7 Å². The van der Waals surface area contributed by atoms with E-state index in [1.807, 2.05) is 24.3 Å². The minimum Gasteiger partial charge on any atom is -0.497 e. The van der Waals surface area contributed by atoms with E-state index in [9.17, 15) is 4.79 Å². The molecule has 1 heterocycles. The Labute approximate surface area is 97.3 Å². The Bertz CT molecular complexity index is 554. The molecule has 0 amide bonds. The van der Waals surface area contributed by atoms with Crippen molar-refractivity contribution < 1.29 is 13.9 Å². The van der Waals surface area contributed by atoms with E-state index in [0.29, 0.717) is 5.76 Å². The molecule has 0 aliphatic rings. The van der Waals surface area contributed by atoms with Crippen LogP contribution < -0.4 is 4.74 Å². The number of hydrogen-bond donors (Lipinski definition) is 0. The van der Waals surface area contributed by atoms with Crippen molar-refractivity contribution in [3.05, 3.63) is 36.1 Å². The molecule has 0 saturated carbocycles. The van der Waals surface area contributed by atoms with Gasteiger partial charge in [-0.2, -0.15) is 0 Å². The smallest absolute Gasteiger partial charge is 0.245 e. The van der Waals surface area contributed by atoms with E-state index in [1.54, 1.807) is 7.11 Å². The summed E-state index contributed by atoms with van der Waals surface area (Å²) in [5.41, 5.74) is 0.738. The molecule has 0 saturated heterocycles. The van der Waals surface area contributed by atoms with Crippen molar-refractivity contribution >= 4 is 33.9 Å². The molecule has 0 aliphatic heterocycles. The summed E-state index contributed by atoms with van der Waals surface area (Å²) >= 11 is 5.19. The molecule has 3 nitrogen and oxygen atoms in total. The van der Waals surface area contributed by atoms with Gasteiger partial charge in [-0.15, -0.1) is 0 Å². The lowest BCUT2D eigenvalue weighted by molar-refractivity contribution is -0.107. The van der Waals surface area contributed by atoms with Crippen molar-refractivity contribution in [1.82, 2.24) is 0 Å². The summed E-state index contributed by atoms with van der Waals surface area (Å²) < 4.78 is 10.6. The molecule has 16 heavy (non-hydrogen) atoms. The van der Waals surface area contributed by atoms with Crippen LogP contribution in [0.4, 0.5) is 0 Å². The average Bonchev–Trinajstić information content (AvgIpc) is 2.67. The topological polar surface area (TPSA) is 39.4 Å². The molecule has 0 fully saturated rings. The predicted octanol–water partition coefficient (Wildman–Crippen LogP) is 3.22. The highest BCUT2D eigenvalue weighted by Gasteiger charge is 2.02. The van der Waals surface area contributed by atoms with Crippen LogP contribution in [-0.4, -0.2) is 12.4 Å². The maximum absolute atomic E-state index is 10.5. The number of ether oxygens (including phenoxy) is 1. The third kappa shape index (κ3) is 2.25. The van der Waals surface area contributed by atoms with Gasteiger partial charge in [0.2, 0.25) is 5.24 Å². The maximum atomic E-state index is 10.5. The van der Waals surface area contributed by atoms with E-state index in [1.165, 1.54) is 12.2 Å². The van der Waals surface area contributed by atoms with Crippen LogP contribution in [0, 0.1) is 0 Å². The molecule has 0 unspecified atom stereocenters. The Morgan fingerprint density at radius 3 is 2.94 bits per heavy atom. The number of halogens is 1. The van der Waals surface area contributed by atoms with E-state index < -0.39 is 5.24 Å². The lowest BCUT2D eigenvalue weighted by Gasteiger charge is -1.96. The first-order valence-electron chi connectivity index (χ1n) is 4.64. The number of benzene rings is 1. The first kappa shape index (κ1) is 10.8. The number of carbonyl (C=O) groups is 1. The fourth-order valence-electron chi connectivity index (χ4n) is 1.40. The monoisotopic (exact) mass is 236 g/mol. The lowest BCUT2D eigenvalue weighted by atomic mass is 10.2. The van der Waals surface area contributed by atoms with Gasteiger partial charge >= 0.3 is 0 Å². The van der Waals surface area contributed by atoms with E-state index >= 15 is 0 Å². The van der Waals surface area contributed by atoms with Crippen LogP contribution in [0.5, 0.6) is 5.75 Å². The van der Waals surface area contributed by atoms with Crippen LogP contribution in [0.25, 0.3) is 17.0 Å². The van der Waals surface area contributed by atoms with Gasteiger partial charge in [0.25, 0.3) is 0 Å². The Hall–Kier alpha value is -1.74. The highest BCUT2D eigenvalue weighted by atomic mass is 35.5. The van der Waals surface area contributed by atoms with Crippen LogP contribution in [0.2, 0.25) is 0 Å². The number of allylic oxidation sites excluding steroid dienone is 1. The molecule has 1 aromatic heterocycles. The summed E-state index contributed by atoms with van der Waals surface area (Å²) in [6.45, 7) is 0. The van der Waals surface area contributed by atoms with Gasteiger partial charge in [-0.05, 0) is 41.9 Å². The normalized spacial score (nSPS) is 11.1. The molecule has 0 spiro atoms. The molecule has 2 aromatic rings. The van der Waals surface area contributed by atoms with Crippen LogP contribution >= 0.6 is 11.6 Å². The summed E-state index contributed by atoms with van der Waals surface area (Å²) in [6.07, 6.45) is 2.78. The van der Waals surface area contributed by atoms with Gasteiger partial charge in [-0.25, -0.2) is 0 Å². The van der Waals surface area contributed by atoms with Crippen molar-refractivity contribution in [2.75, 3.05) is 7.11 Å². The Morgan fingerprint density at radius 1 is 1.44 bits per heavy atom. The van der Waals surface area contributed by atoms with Crippen molar-refractivity contribution in [1.29, 1.82) is 0 Å². The number of fused-ring (bicyclic) bond motifs is 1. The molecule has 0 atom stereocenters. The second-order valence-corrected chi connectivity index (χ2v) is 3.56. The van der Waals surface area contributed by atoms with Gasteiger partial charge in [0.05, 0.1) is 7.11 Å². The second-order valence-electron chi connectivity index (χ2n) is 3.19. The largest absolute Gasteiger partial charge is 0.497 e. The first-order valence-corrected chi connectivity index (χ1v) is 5.02. The van der Waals surface area contributed by atoms with Crippen LogP contribution in [0.1, 0.15) is 5.76 Å². The quantitative estimate of drug-likeness (QED) is 0.607. The minimum atomic E-state index is -0.530. The zero-order valence-electron chi connectivity index (χ0n) is 8.57. The number of carbonyl (C=O) groups excluding carboxylic acids is 1. The Morgan fingerprint density at radius 2 is 2.25 bits per heavy atom. The SMILES string of the molecule is COc1ccc2oc(/C=C/C(=O)Cl)cc2c1. The van der Waals surface area contributed by atoms with Gasteiger partial charge in [0.15, 0.2) is 0 Å². The predicted molar refractivity (Wildman–Crippen MR) is 62.7 cm³/mol. The van der Waals surface area contributed by atoms with E-state index in [2.05, 4.69) is 0 Å². The Balaban J connectivity index is 2.40. The van der Waals surface area contributed by atoms with Gasteiger partial charge in [-0.3, -0.25) is 4.79 Å². The Kier molecular flexibility index (Phi) is 2.97. The zero-order chi connectivity index (χ0) is 11.5. The van der Waals surface area contributed by atoms with Gasteiger partial charge in [-0.1, -0.05) is 0 Å². The molecule has 1 aromatic carbocycles. The molecule has 0 bridgehead atoms. The van der Waals surface area contributed by atoms with Crippen molar-refractivity contribution in [2.24, 2.45) is 0 Å². The average molecular weight is 237 g/mol. The number of methoxy groups -OCH3 is 1. The fourth-order valence-corrected chi connectivity index (χ4v) is 1.46. The standard InChI is InChI=1S/C12H9ClO3/c1-15-9-2-4-11-8(6-9)7-10(16-11)3-5-12(13)14/h2-7H,1H3/b5-3+. The molecule has 0 aliphatic carbocycles. The van der Waals surface area contributed by atoms with Gasteiger partial charge in [0.1, 0.15) is 17.1 Å². The van der Waals surface area contributed by atoms with Crippen LogP contribution in [0.15, 0.2) is 34.8 Å². The molecule has 82 valence electrons. The molecule has 4 heteroatoms. The molecular formula is C12H9ClO3. The molecule has 2 rings (SSSR count). The molecular weight excluding hydrogens is 228 g/mol. The third-order valence-corrected chi connectivity index (χ3v) is 2.25. The number of furan rings is 1. The molecule has 0 radical (unpaired) electrons. The van der Waals surface area contributed by atoms with Crippen LogP contribution in [0.3, 0.4) is 0 Å². The number of hydrogen-bond acceptors (Lipinski definition) is 3. The molecule has 0 N–H and O–H groups in total. The lowest BCUT2D eigenvalue weighted by Crippen LogP contribution is -1.79. The second kappa shape index (κ2) is 4.41. The highest BCUT2D eigenvalue weighted by Crippen LogP contribution is 2.24. The first-order chi connectivity index (χ1) is 7.69. The maximum Gasteiger partial charge on any atom is 0.245 e. The van der Waals surface area contributed by atoms with Gasteiger partial charge in [0, 0.05) is 11.5 Å². The van der Waals surface area contributed by atoms with Crippen molar-refractivity contribution in [3.8, 4) is 5.75 Å². The zero-order valence-corrected chi connectivity index (χ0v) is 9.32. The summed E-state index contributed by atoms with van der Waals surface area (Å²) in [6, 6.07) is 7.30. The summed E-state index contributed by atoms with van der Waals surface area (Å²) in [7, 11) is 1.61. The van der Waals surface area contributed by atoms with Crippen molar-refractivity contribution in [2.45, 2.75) is 0 Å². The van der Waals surface area contributed by atoms with E-state index in [-0.39, 0.29) is 0 Å². The summed E-state index contributed by atoms with van der Waals surface area (Å²) in [5.74, 6) is 1.34.